The van der Waals surface area contributed by atoms with E-state index in [1.807, 2.05) is 29.1 Å². The number of tetrazole rings is 1. The van der Waals surface area contributed by atoms with Gasteiger partial charge < -0.3 is 10.6 Å². The predicted octanol–water partition coefficient (Wildman–Crippen LogP) is 0.139. The van der Waals surface area contributed by atoms with Crippen molar-refractivity contribution in [1.82, 2.24) is 35.0 Å². The first-order chi connectivity index (χ1) is 10.3. The Kier molecular flexibility index (Phi) is 2.69. The summed E-state index contributed by atoms with van der Waals surface area (Å²) in [6.07, 6.45) is 3.97. The Bertz CT molecular complexity index is 753. The number of nitrogens with zero attached hydrogens (tertiary/aromatic N) is 8. The second-order valence-corrected chi connectivity index (χ2v) is 5.16. The van der Waals surface area contributed by atoms with Crippen LogP contribution < -0.4 is 10.6 Å². The molecule has 21 heavy (non-hydrogen) atoms. The summed E-state index contributed by atoms with van der Waals surface area (Å²) in [5.74, 6) is 1.47. The number of anilines is 2. The number of fused-ring (bicyclic) bond motifs is 1. The van der Waals surface area contributed by atoms with Crippen molar-refractivity contribution in [3.8, 4) is 0 Å². The van der Waals surface area contributed by atoms with Gasteiger partial charge in [-0.1, -0.05) is 0 Å². The van der Waals surface area contributed by atoms with Crippen LogP contribution in [0, 0.1) is 0 Å². The van der Waals surface area contributed by atoms with E-state index in [-0.39, 0.29) is 0 Å². The molecule has 1 saturated heterocycles. The Morgan fingerprint density at radius 2 is 1.95 bits per heavy atom. The fourth-order valence-electron chi connectivity index (χ4n) is 2.72. The largest absolute Gasteiger partial charge is 0.382 e. The predicted molar refractivity (Wildman–Crippen MR) is 75.7 cm³/mol. The summed E-state index contributed by atoms with van der Waals surface area (Å²) in [6, 6.07) is 6.07. The van der Waals surface area contributed by atoms with Gasteiger partial charge in [0, 0.05) is 19.3 Å². The zero-order chi connectivity index (χ0) is 14.2. The average Bonchev–Trinajstić information content (AvgIpc) is 3.15. The van der Waals surface area contributed by atoms with Gasteiger partial charge in [0.1, 0.15) is 5.82 Å². The molecule has 0 aliphatic carbocycles. The monoisotopic (exact) mass is 285 g/mol. The molecule has 3 aromatic rings. The van der Waals surface area contributed by atoms with Gasteiger partial charge in [-0.3, -0.25) is 4.68 Å². The maximum absolute atomic E-state index is 5.67. The normalized spacial score (nSPS) is 16.7. The summed E-state index contributed by atoms with van der Waals surface area (Å²) in [6.45, 7) is 1.84. The number of nitrogens with two attached hydrogens (primary N) is 1. The molecule has 0 bridgehead atoms. The minimum absolute atomic E-state index is 0.398. The zero-order valence-electron chi connectivity index (χ0n) is 11.4. The van der Waals surface area contributed by atoms with Crippen LogP contribution in [0.2, 0.25) is 0 Å². The van der Waals surface area contributed by atoms with Crippen molar-refractivity contribution in [1.29, 1.82) is 0 Å². The molecule has 0 saturated carbocycles. The van der Waals surface area contributed by atoms with Crippen LogP contribution in [0.15, 0.2) is 24.4 Å². The Morgan fingerprint density at radius 1 is 1.10 bits per heavy atom. The number of nitrogen functional groups attached to an aromatic ring is 1. The number of rotatable bonds is 2. The van der Waals surface area contributed by atoms with Crippen LogP contribution in [-0.4, -0.2) is 48.1 Å². The minimum Gasteiger partial charge on any atom is -0.382 e. The first-order valence-electron chi connectivity index (χ1n) is 6.90. The van der Waals surface area contributed by atoms with Gasteiger partial charge in [0.05, 0.1) is 6.04 Å². The molecule has 108 valence electrons. The van der Waals surface area contributed by atoms with Gasteiger partial charge in [0.25, 0.3) is 0 Å². The van der Waals surface area contributed by atoms with Gasteiger partial charge in [0.15, 0.2) is 11.5 Å². The van der Waals surface area contributed by atoms with Crippen LogP contribution >= 0.6 is 0 Å². The van der Waals surface area contributed by atoms with Gasteiger partial charge in [-0.15, -0.1) is 14.8 Å². The maximum atomic E-state index is 5.67. The van der Waals surface area contributed by atoms with E-state index < -0.39 is 0 Å². The smallest absolute Gasteiger partial charge is 0.200 e. The summed E-state index contributed by atoms with van der Waals surface area (Å²) >= 11 is 0. The highest BCUT2D eigenvalue weighted by Gasteiger charge is 2.22. The minimum atomic E-state index is 0.398. The molecule has 1 fully saturated rings. The zero-order valence-corrected chi connectivity index (χ0v) is 11.4. The Hall–Kier alpha value is -2.71. The number of aromatic nitrogens is 7. The third-order valence-electron chi connectivity index (χ3n) is 3.85. The molecule has 1 aliphatic rings. The molecular formula is C12H15N9. The Morgan fingerprint density at radius 3 is 2.71 bits per heavy atom. The second kappa shape index (κ2) is 4.69. The molecule has 0 spiro atoms. The Balaban J connectivity index is 1.49. The van der Waals surface area contributed by atoms with E-state index >= 15 is 0 Å². The molecule has 2 N–H and O–H groups in total. The van der Waals surface area contributed by atoms with Gasteiger partial charge in [-0.05, 0) is 41.5 Å². The topological polar surface area (TPSA) is 103 Å². The fourth-order valence-corrected chi connectivity index (χ4v) is 2.72. The van der Waals surface area contributed by atoms with E-state index in [9.17, 15) is 0 Å². The maximum Gasteiger partial charge on any atom is 0.200 e. The highest BCUT2D eigenvalue weighted by Crippen LogP contribution is 2.25. The molecule has 1 aliphatic heterocycles. The van der Waals surface area contributed by atoms with E-state index in [1.165, 1.54) is 4.63 Å². The lowest BCUT2D eigenvalue weighted by Gasteiger charge is -2.32. The van der Waals surface area contributed by atoms with Crippen molar-refractivity contribution in [3.05, 3.63) is 24.4 Å². The molecule has 4 heterocycles. The van der Waals surface area contributed by atoms with E-state index in [0.29, 0.717) is 17.5 Å². The lowest BCUT2D eigenvalue weighted by atomic mass is 10.1. The van der Waals surface area contributed by atoms with Crippen LogP contribution in [0.5, 0.6) is 0 Å². The quantitative estimate of drug-likeness (QED) is 0.714. The summed E-state index contributed by atoms with van der Waals surface area (Å²) in [4.78, 5) is 2.24. The van der Waals surface area contributed by atoms with E-state index in [0.717, 1.165) is 31.7 Å². The summed E-state index contributed by atoms with van der Waals surface area (Å²) in [7, 11) is 0. The number of hydrogen-bond donors (Lipinski definition) is 1. The van der Waals surface area contributed by atoms with Crippen LogP contribution in [-0.2, 0) is 0 Å². The van der Waals surface area contributed by atoms with Crippen molar-refractivity contribution in [2.75, 3.05) is 23.7 Å². The van der Waals surface area contributed by atoms with Crippen molar-refractivity contribution in [2.24, 2.45) is 0 Å². The van der Waals surface area contributed by atoms with Crippen LogP contribution in [0.25, 0.3) is 5.65 Å². The van der Waals surface area contributed by atoms with E-state index in [4.69, 9.17) is 5.73 Å². The van der Waals surface area contributed by atoms with E-state index in [2.05, 4.69) is 30.6 Å². The third kappa shape index (κ3) is 2.16. The molecule has 0 unspecified atom stereocenters. The highest BCUT2D eigenvalue weighted by atomic mass is 15.6. The highest BCUT2D eigenvalue weighted by molar-refractivity contribution is 5.44. The lowest BCUT2D eigenvalue weighted by Crippen LogP contribution is -2.35. The van der Waals surface area contributed by atoms with Gasteiger partial charge >= 0.3 is 0 Å². The molecule has 0 radical (unpaired) electrons. The molecule has 4 rings (SSSR count). The first-order valence-corrected chi connectivity index (χ1v) is 6.90. The van der Waals surface area contributed by atoms with Crippen molar-refractivity contribution < 1.29 is 0 Å². The number of hydrogen-bond acceptors (Lipinski definition) is 7. The van der Waals surface area contributed by atoms with Crippen molar-refractivity contribution in [3.63, 3.8) is 0 Å². The number of piperidine rings is 1. The SMILES string of the molecule is Nc1ccn(C2CCN(c3ccc4nnnn4n3)CC2)n1. The van der Waals surface area contributed by atoms with Crippen LogP contribution in [0.1, 0.15) is 18.9 Å². The van der Waals surface area contributed by atoms with Crippen LogP contribution in [0.3, 0.4) is 0 Å². The standard InChI is InChI=1S/C12H15N9/c13-10-5-8-20(15-10)9-3-6-19(7-4-9)12-2-1-11-14-17-18-21(11)16-12/h1-2,5,8-9H,3-4,6-7H2,(H2,13,15). The fraction of sp³-hybridized carbons (Fsp3) is 0.417. The summed E-state index contributed by atoms with van der Waals surface area (Å²) < 4.78 is 3.42. The van der Waals surface area contributed by atoms with Crippen molar-refractivity contribution in [2.45, 2.75) is 18.9 Å². The molecule has 3 aromatic heterocycles. The summed E-state index contributed by atoms with van der Waals surface area (Å²) in [5, 5.41) is 20.0. The second-order valence-electron chi connectivity index (χ2n) is 5.16. The average molecular weight is 285 g/mol. The molecule has 9 nitrogen and oxygen atoms in total. The molecule has 9 heteroatoms. The first kappa shape index (κ1) is 12.1. The van der Waals surface area contributed by atoms with Gasteiger partial charge in [-0.25, -0.2) is 0 Å². The third-order valence-corrected chi connectivity index (χ3v) is 3.85. The van der Waals surface area contributed by atoms with E-state index in [1.54, 1.807) is 0 Å². The molecule has 0 aromatic carbocycles. The molecular weight excluding hydrogens is 270 g/mol. The lowest BCUT2D eigenvalue weighted by molar-refractivity contribution is 0.366. The van der Waals surface area contributed by atoms with Gasteiger partial charge in [0.2, 0.25) is 0 Å². The van der Waals surface area contributed by atoms with Gasteiger partial charge in [-0.2, -0.15) is 5.10 Å². The molecule has 0 atom stereocenters. The molecule has 0 amide bonds. The van der Waals surface area contributed by atoms with Crippen LogP contribution in [0.4, 0.5) is 11.6 Å². The Labute approximate surface area is 120 Å². The van der Waals surface area contributed by atoms with Crippen molar-refractivity contribution >= 4 is 17.3 Å². The summed E-state index contributed by atoms with van der Waals surface area (Å²) in [5.41, 5.74) is 6.33.